The minimum atomic E-state index is 0.430. The molecule has 0 spiro atoms. The van der Waals surface area contributed by atoms with Crippen molar-refractivity contribution >= 4 is 34.2 Å². The molecular weight excluding hydrogens is 331 g/mol. The van der Waals surface area contributed by atoms with Crippen molar-refractivity contribution in [3.05, 3.63) is 65.2 Å². The van der Waals surface area contributed by atoms with Crippen LogP contribution < -0.4 is 0 Å². The molecule has 0 aliphatic rings. The zero-order valence-corrected chi connectivity index (χ0v) is 13.3. The Morgan fingerprint density at radius 2 is 1.83 bits per heavy atom. The maximum Gasteiger partial charge on any atom is 0.129 e. The van der Waals surface area contributed by atoms with Gasteiger partial charge in [0.15, 0.2) is 0 Å². The van der Waals surface area contributed by atoms with Crippen LogP contribution >= 0.6 is 23.2 Å². The molecule has 0 unspecified atom stereocenters. The highest BCUT2D eigenvalue weighted by Gasteiger charge is 2.17. The molecule has 0 saturated heterocycles. The van der Waals surface area contributed by atoms with Gasteiger partial charge in [0.1, 0.15) is 5.15 Å². The molecule has 0 aliphatic carbocycles. The number of H-pyrrole nitrogens is 1. The fraction of sp³-hybridized carbons (Fsp3) is 0. The van der Waals surface area contributed by atoms with E-state index < -0.39 is 0 Å². The average molecular weight is 341 g/mol. The number of hydrogen-bond donors (Lipinski definition) is 1. The van der Waals surface area contributed by atoms with Crippen molar-refractivity contribution in [2.75, 3.05) is 0 Å². The largest absolute Gasteiger partial charge is 0.353 e. The van der Waals surface area contributed by atoms with Gasteiger partial charge >= 0.3 is 0 Å². The normalized spacial score (nSPS) is 11.0. The number of fused-ring (bicyclic) bond motifs is 1. The first-order valence-corrected chi connectivity index (χ1v) is 7.68. The van der Waals surface area contributed by atoms with Gasteiger partial charge < -0.3 is 4.98 Å². The van der Waals surface area contributed by atoms with E-state index in [0.29, 0.717) is 10.2 Å². The van der Waals surface area contributed by atoms with Crippen LogP contribution in [0, 0.1) is 0 Å². The van der Waals surface area contributed by atoms with Crippen molar-refractivity contribution in [1.29, 1.82) is 0 Å². The van der Waals surface area contributed by atoms with Gasteiger partial charge in [-0.05, 0) is 30.3 Å². The molecule has 0 aromatic carbocycles. The molecule has 112 valence electrons. The standard InChI is InChI=1S/C17H10Cl2N4/c18-11-8-13-17(22-9-11)15(12-3-1-2-5-20-12)16(23-13)10-4-6-21-14(19)7-10/h1-9,23H. The topological polar surface area (TPSA) is 54.5 Å². The quantitative estimate of drug-likeness (QED) is 0.522. The first-order valence-electron chi connectivity index (χ1n) is 6.93. The maximum atomic E-state index is 6.07. The number of hydrogen-bond acceptors (Lipinski definition) is 3. The molecule has 6 heteroatoms. The summed E-state index contributed by atoms with van der Waals surface area (Å²) in [6, 6.07) is 11.3. The van der Waals surface area contributed by atoms with E-state index in [9.17, 15) is 0 Å². The summed E-state index contributed by atoms with van der Waals surface area (Å²) >= 11 is 12.1. The highest BCUT2D eigenvalue weighted by atomic mass is 35.5. The number of halogens is 2. The van der Waals surface area contributed by atoms with E-state index >= 15 is 0 Å². The Labute approximate surface area is 142 Å². The van der Waals surface area contributed by atoms with Crippen LogP contribution in [0.15, 0.2) is 55.0 Å². The van der Waals surface area contributed by atoms with Crippen LogP contribution in [-0.4, -0.2) is 19.9 Å². The zero-order valence-electron chi connectivity index (χ0n) is 11.8. The first kappa shape index (κ1) is 14.2. The number of pyridine rings is 3. The summed E-state index contributed by atoms with van der Waals surface area (Å²) in [5.41, 5.74) is 5.21. The second-order valence-corrected chi connectivity index (χ2v) is 5.83. The number of nitrogens with zero attached hydrogens (tertiary/aromatic N) is 3. The summed E-state index contributed by atoms with van der Waals surface area (Å²) in [5.74, 6) is 0. The Morgan fingerprint density at radius 1 is 0.913 bits per heavy atom. The Balaban J connectivity index is 2.07. The second kappa shape index (κ2) is 5.65. The lowest BCUT2D eigenvalue weighted by Gasteiger charge is -2.04. The van der Waals surface area contributed by atoms with Crippen LogP contribution in [-0.2, 0) is 0 Å². The Bertz CT molecular complexity index is 996. The van der Waals surface area contributed by atoms with Crippen molar-refractivity contribution in [2.45, 2.75) is 0 Å². The van der Waals surface area contributed by atoms with E-state index in [-0.39, 0.29) is 0 Å². The maximum absolute atomic E-state index is 6.07. The molecule has 0 bridgehead atoms. The van der Waals surface area contributed by atoms with Crippen LogP contribution in [0.4, 0.5) is 0 Å². The summed E-state index contributed by atoms with van der Waals surface area (Å²) in [5, 5.41) is 1.00. The van der Waals surface area contributed by atoms with Crippen molar-refractivity contribution < 1.29 is 0 Å². The third-order valence-electron chi connectivity index (χ3n) is 3.54. The molecule has 0 atom stereocenters. The summed E-state index contributed by atoms with van der Waals surface area (Å²) in [7, 11) is 0. The molecule has 4 nitrogen and oxygen atoms in total. The van der Waals surface area contributed by atoms with E-state index in [2.05, 4.69) is 19.9 Å². The molecule has 0 fully saturated rings. The molecule has 4 aromatic rings. The molecule has 23 heavy (non-hydrogen) atoms. The van der Waals surface area contributed by atoms with Gasteiger partial charge in [-0.1, -0.05) is 29.3 Å². The van der Waals surface area contributed by atoms with Crippen molar-refractivity contribution in [1.82, 2.24) is 19.9 Å². The summed E-state index contributed by atoms with van der Waals surface area (Å²) in [4.78, 5) is 16.3. The smallest absolute Gasteiger partial charge is 0.129 e. The van der Waals surface area contributed by atoms with Gasteiger partial charge in [0.2, 0.25) is 0 Å². The van der Waals surface area contributed by atoms with Gasteiger partial charge in [-0.3, -0.25) is 9.97 Å². The number of aromatic nitrogens is 4. The van der Waals surface area contributed by atoms with E-state index in [1.807, 2.05) is 30.3 Å². The molecular formula is C17H10Cl2N4. The molecule has 1 N–H and O–H groups in total. The number of nitrogens with one attached hydrogen (secondary N) is 1. The monoisotopic (exact) mass is 340 g/mol. The fourth-order valence-corrected chi connectivity index (χ4v) is 2.92. The number of rotatable bonds is 2. The third-order valence-corrected chi connectivity index (χ3v) is 3.95. The van der Waals surface area contributed by atoms with Gasteiger partial charge in [-0.25, -0.2) is 4.98 Å². The predicted molar refractivity (Wildman–Crippen MR) is 92.6 cm³/mol. The van der Waals surface area contributed by atoms with E-state index in [1.54, 1.807) is 24.7 Å². The van der Waals surface area contributed by atoms with E-state index in [4.69, 9.17) is 23.2 Å². The minimum Gasteiger partial charge on any atom is -0.353 e. The van der Waals surface area contributed by atoms with Crippen molar-refractivity contribution in [3.63, 3.8) is 0 Å². The van der Waals surface area contributed by atoms with E-state index in [1.165, 1.54) is 0 Å². The lowest BCUT2D eigenvalue weighted by molar-refractivity contribution is 1.30. The fourth-order valence-electron chi connectivity index (χ4n) is 2.58. The molecule has 0 aliphatic heterocycles. The van der Waals surface area contributed by atoms with Crippen LogP contribution in [0.25, 0.3) is 33.5 Å². The first-order chi connectivity index (χ1) is 11.2. The van der Waals surface area contributed by atoms with Crippen molar-refractivity contribution in [3.8, 4) is 22.5 Å². The van der Waals surface area contributed by atoms with Crippen LogP contribution in [0.3, 0.4) is 0 Å². The second-order valence-electron chi connectivity index (χ2n) is 5.01. The molecule has 0 amide bonds. The Hall–Kier alpha value is -2.43. The molecule has 4 rings (SSSR count). The molecule has 4 aromatic heterocycles. The van der Waals surface area contributed by atoms with Crippen LogP contribution in [0.5, 0.6) is 0 Å². The molecule has 4 heterocycles. The third kappa shape index (κ3) is 2.56. The average Bonchev–Trinajstić information content (AvgIpc) is 2.94. The van der Waals surface area contributed by atoms with Gasteiger partial charge in [0, 0.05) is 24.2 Å². The number of aromatic amines is 1. The Morgan fingerprint density at radius 3 is 2.61 bits per heavy atom. The summed E-state index contributed by atoms with van der Waals surface area (Å²) in [6.45, 7) is 0. The molecule has 0 saturated carbocycles. The van der Waals surface area contributed by atoms with Crippen LogP contribution in [0.1, 0.15) is 0 Å². The highest BCUT2D eigenvalue weighted by molar-refractivity contribution is 6.31. The predicted octanol–water partition coefficient (Wildman–Crippen LogP) is 4.99. The van der Waals surface area contributed by atoms with Gasteiger partial charge in [0.05, 0.1) is 33.0 Å². The van der Waals surface area contributed by atoms with Gasteiger partial charge in [0.25, 0.3) is 0 Å². The SMILES string of the molecule is Clc1cnc2c(-c3ccccn3)c(-c3ccnc(Cl)c3)[nH]c2c1. The van der Waals surface area contributed by atoms with E-state index in [0.717, 1.165) is 33.5 Å². The zero-order chi connectivity index (χ0) is 15.8. The van der Waals surface area contributed by atoms with Crippen molar-refractivity contribution in [2.24, 2.45) is 0 Å². The summed E-state index contributed by atoms with van der Waals surface area (Å²) < 4.78 is 0. The molecule has 0 radical (unpaired) electrons. The lowest BCUT2D eigenvalue weighted by Crippen LogP contribution is -1.87. The Kier molecular flexibility index (Phi) is 3.48. The highest BCUT2D eigenvalue weighted by Crippen LogP contribution is 2.37. The van der Waals surface area contributed by atoms with Crippen LogP contribution in [0.2, 0.25) is 10.2 Å². The summed E-state index contributed by atoms with van der Waals surface area (Å²) in [6.07, 6.45) is 5.06. The minimum absolute atomic E-state index is 0.430. The van der Waals surface area contributed by atoms with Gasteiger partial charge in [-0.15, -0.1) is 0 Å². The lowest BCUT2D eigenvalue weighted by atomic mass is 10.1. The van der Waals surface area contributed by atoms with Gasteiger partial charge in [-0.2, -0.15) is 0 Å².